The highest BCUT2D eigenvalue weighted by atomic mass is 32.1. The molecular formula is C27H33N3O3S. The topological polar surface area (TPSA) is 95.7 Å². The summed E-state index contributed by atoms with van der Waals surface area (Å²) in [5.74, 6) is -0.845. The van der Waals surface area contributed by atoms with E-state index in [0.717, 1.165) is 35.1 Å². The molecule has 0 fully saturated rings. The predicted molar refractivity (Wildman–Crippen MR) is 139 cm³/mol. The fourth-order valence-corrected chi connectivity index (χ4v) is 3.90. The van der Waals surface area contributed by atoms with Crippen LogP contribution in [0, 0.1) is 6.92 Å². The molecule has 0 radical (unpaired) electrons. The Balaban J connectivity index is 0.000000739. The number of thiophene rings is 1. The Labute approximate surface area is 205 Å². The van der Waals surface area contributed by atoms with Gasteiger partial charge in [0.2, 0.25) is 0 Å². The predicted octanol–water partition coefficient (Wildman–Crippen LogP) is 4.64. The maximum absolute atomic E-state index is 12.8. The Morgan fingerprint density at radius 1 is 1.21 bits per heavy atom. The fraction of sp³-hybridized carbons (Fsp3) is 0.259. The summed E-state index contributed by atoms with van der Waals surface area (Å²) < 4.78 is 0. The van der Waals surface area contributed by atoms with Gasteiger partial charge < -0.3 is 21.1 Å². The number of primary amides is 1. The van der Waals surface area contributed by atoms with Crippen molar-refractivity contribution in [3.8, 4) is 0 Å². The van der Waals surface area contributed by atoms with Crippen LogP contribution in [0.15, 0.2) is 83.0 Å². The number of aliphatic hydroxyl groups excluding tert-OH is 1. The van der Waals surface area contributed by atoms with E-state index in [1.165, 1.54) is 11.3 Å². The molecule has 1 aromatic heterocycles. The maximum atomic E-state index is 12.8. The van der Waals surface area contributed by atoms with E-state index < -0.39 is 5.91 Å². The van der Waals surface area contributed by atoms with E-state index in [9.17, 15) is 9.59 Å². The van der Waals surface area contributed by atoms with Crippen LogP contribution in [-0.2, 0) is 16.1 Å². The molecule has 2 heterocycles. The fourth-order valence-electron chi connectivity index (χ4n) is 3.20. The van der Waals surface area contributed by atoms with Crippen LogP contribution < -0.4 is 11.1 Å². The van der Waals surface area contributed by atoms with Crippen LogP contribution in [0.4, 0.5) is 0 Å². The number of nitrogens with zero attached hydrogens (tertiary/aromatic N) is 1. The quantitative estimate of drug-likeness (QED) is 0.481. The van der Waals surface area contributed by atoms with Crippen molar-refractivity contribution in [3.63, 3.8) is 0 Å². The molecule has 0 aliphatic carbocycles. The minimum Gasteiger partial charge on any atom is -0.396 e. The Morgan fingerprint density at radius 2 is 1.91 bits per heavy atom. The molecule has 0 saturated carbocycles. The summed E-state index contributed by atoms with van der Waals surface area (Å²) in [5.41, 5.74) is 10.6. The first-order chi connectivity index (χ1) is 16.3. The first-order valence-corrected chi connectivity index (χ1v) is 12.1. The number of carbonyl (C=O) groups is 2. The number of rotatable bonds is 8. The van der Waals surface area contributed by atoms with Gasteiger partial charge >= 0.3 is 0 Å². The van der Waals surface area contributed by atoms with Crippen LogP contribution in [0.25, 0.3) is 5.57 Å². The normalized spacial score (nSPS) is 13.5. The SMILES string of the molecule is C=C1C(C(=O)NCc2ccc(C)cc2)=CC=CN1/C(C(N)=O)=C(\C)c1ccsc1.CCCCO. The molecule has 1 aromatic carbocycles. The molecule has 0 saturated heterocycles. The number of nitrogens with two attached hydrogens (primary N) is 1. The van der Waals surface area contributed by atoms with Crippen molar-refractivity contribution in [1.29, 1.82) is 0 Å². The van der Waals surface area contributed by atoms with Gasteiger partial charge in [0.25, 0.3) is 11.8 Å². The molecule has 6 nitrogen and oxygen atoms in total. The van der Waals surface area contributed by atoms with Gasteiger partial charge in [-0.2, -0.15) is 11.3 Å². The minimum absolute atomic E-state index is 0.262. The van der Waals surface area contributed by atoms with Gasteiger partial charge in [-0.1, -0.05) is 49.8 Å². The van der Waals surface area contributed by atoms with Gasteiger partial charge in [0.1, 0.15) is 5.70 Å². The highest BCUT2D eigenvalue weighted by Gasteiger charge is 2.26. The molecule has 4 N–H and O–H groups in total. The van der Waals surface area contributed by atoms with Crippen LogP contribution in [-0.4, -0.2) is 28.4 Å². The molecule has 3 rings (SSSR count). The minimum atomic E-state index is -0.583. The number of hydrogen-bond donors (Lipinski definition) is 3. The van der Waals surface area contributed by atoms with E-state index in [1.807, 2.05) is 54.9 Å². The van der Waals surface area contributed by atoms with E-state index in [-0.39, 0.29) is 5.91 Å². The van der Waals surface area contributed by atoms with Gasteiger partial charge in [-0.25, -0.2) is 0 Å². The maximum Gasteiger partial charge on any atom is 0.265 e. The van der Waals surface area contributed by atoms with Crippen LogP contribution in [0.5, 0.6) is 0 Å². The zero-order chi connectivity index (χ0) is 25.1. The summed E-state index contributed by atoms with van der Waals surface area (Å²) in [6.45, 7) is 10.7. The molecule has 1 aliphatic rings. The summed E-state index contributed by atoms with van der Waals surface area (Å²) in [4.78, 5) is 26.6. The lowest BCUT2D eigenvalue weighted by atomic mass is 10.0. The summed E-state index contributed by atoms with van der Waals surface area (Å²) in [6.07, 6.45) is 7.12. The third kappa shape index (κ3) is 7.30. The van der Waals surface area contributed by atoms with E-state index in [0.29, 0.717) is 30.1 Å². The highest BCUT2D eigenvalue weighted by Crippen LogP contribution is 2.29. The van der Waals surface area contributed by atoms with Gasteiger partial charge in [-0.05, 0) is 65.9 Å². The monoisotopic (exact) mass is 479 g/mol. The van der Waals surface area contributed by atoms with Crippen LogP contribution >= 0.6 is 11.3 Å². The molecule has 2 amide bonds. The lowest BCUT2D eigenvalue weighted by Crippen LogP contribution is -2.33. The van der Waals surface area contributed by atoms with Gasteiger partial charge in [0, 0.05) is 19.4 Å². The van der Waals surface area contributed by atoms with E-state index in [2.05, 4.69) is 18.8 Å². The third-order valence-corrected chi connectivity index (χ3v) is 5.90. The van der Waals surface area contributed by atoms with Crippen molar-refractivity contribution < 1.29 is 14.7 Å². The molecule has 180 valence electrons. The number of aliphatic hydroxyl groups is 1. The number of nitrogens with one attached hydrogen (secondary N) is 1. The number of hydrogen-bond acceptors (Lipinski definition) is 5. The first kappa shape index (κ1) is 26.8. The van der Waals surface area contributed by atoms with Crippen molar-refractivity contribution in [2.45, 2.75) is 40.2 Å². The molecule has 0 atom stereocenters. The van der Waals surface area contributed by atoms with Crippen molar-refractivity contribution in [1.82, 2.24) is 10.2 Å². The van der Waals surface area contributed by atoms with Gasteiger partial charge in [-0.3, -0.25) is 9.59 Å². The smallest absolute Gasteiger partial charge is 0.265 e. The standard InChI is InChI=1S/C23H23N3O2S.C4H10O/c1-15-6-8-18(9-7-15)13-25-23(28)20-5-4-11-26(17(20)3)21(22(24)27)16(2)19-10-12-29-14-19;1-2-3-4-5/h4-12,14H,3,13H2,1-2H3,(H2,24,27)(H,25,28);5H,2-4H2,1H3/b21-16+;. The number of aryl methyl sites for hydroxylation is 1. The second-order valence-corrected chi connectivity index (χ2v) is 8.61. The first-order valence-electron chi connectivity index (χ1n) is 11.1. The Kier molecular flexibility index (Phi) is 10.5. The molecular weight excluding hydrogens is 446 g/mol. The van der Waals surface area contributed by atoms with E-state index in [4.69, 9.17) is 10.8 Å². The van der Waals surface area contributed by atoms with E-state index >= 15 is 0 Å². The summed E-state index contributed by atoms with van der Waals surface area (Å²) >= 11 is 1.53. The second kappa shape index (κ2) is 13.3. The van der Waals surface area contributed by atoms with Crippen LogP contribution in [0.1, 0.15) is 43.4 Å². The summed E-state index contributed by atoms with van der Waals surface area (Å²) in [7, 11) is 0. The lowest BCUT2D eigenvalue weighted by Gasteiger charge is -2.28. The zero-order valence-corrected chi connectivity index (χ0v) is 20.8. The Hall–Kier alpha value is -3.42. The molecule has 0 spiro atoms. The lowest BCUT2D eigenvalue weighted by molar-refractivity contribution is -0.118. The number of benzene rings is 1. The van der Waals surface area contributed by atoms with Gasteiger partial charge in [0.15, 0.2) is 0 Å². The van der Waals surface area contributed by atoms with Gasteiger partial charge in [-0.15, -0.1) is 0 Å². The molecule has 34 heavy (non-hydrogen) atoms. The Morgan fingerprint density at radius 3 is 2.44 bits per heavy atom. The molecule has 2 aromatic rings. The average molecular weight is 480 g/mol. The highest BCUT2D eigenvalue weighted by molar-refractivity contribution is 7.08. The van der Waals surface area contributed by atoms with Crippen molar-refractivity contribution in [2.24, 2.45) is 5.73 Å². The van der Waals surface area contributed by atoms with Crippen molar-refractivity contribution in [2.75, 3.05) is 6.61 Å². The number of unbranched alkanes of at least 4 members (excludes halogenated alkanes) is 1. The molecule has 7 heteroatoms. The largest absolute Gasteiger partial charge is 0.396 e. The summed E-state index contributed by atoms with van der Waals surface area (Å²) in [5, 5.41) is 14.8. The van der Waals surface area contributed by atoms with E-state index in [1.54, 1.807) is 23.3 Å². The zero-order valence-electron chi connectivity index (χ0n) is 20.0. The number of allylic oxidation sites excluding steroid dienone is 3. The third-order valence-electron chi connectivity index (χ3n) is 5.21. The molecule has 1 aliphatic heterocycles. The Bertz CT molecular complexity index is 1080. The van der Waals surface area contributed by atoms with Crippen LogP contribution in [0.2, 0.25) is 0 Å². The van der Waals surface area contributed by atoms with Gasteiger partial charge in [0.05, 0.1) is 11.3 Å². The number of carbonyl (C=O) groups excluding carboxylic acids is 2. The van der Waals surface area contributed by atoms with Crippen LogP contribution in [0.3, 0.4) is 0 Å². The second-order valence-electron chi connectivity index (χ2n) is 7.83. The molecule has 0 bridgehead atoms. The van der Waals surface area contributed by atoms with Crippen molar-refractivity contribution in [3.05, 3.63) is 99.7 Å². The molecule has 0 unspecified atom stereocenters. The average Bonchev–Trinajstić information content (AvgIpc) is 3.36. The number of amides is 2. The summed E-state index contributed by atoms with van der Waals surface area (Å²) in [6, 6.07) is 9.88. The van der Waals surface area contributed by atoms with Crippen molar-refractivity contribution >= 4 is 28.7 Å².